The zero-order chi connectivity index (χ0) is 43.5. The number of nitrogens with one attached hydrogen (secondary N) is 4. The van der Waals surface area contributed by atoms with Gasteiger partial charge in [0.25, 0.3) is 17.7 Å². The zero-order valence-electron chi connectivity index (χ0n) is 33.8. The molecule has 1 atom stereocenters. The maximum absolute atomic E-state index is 13.4. The second kappa shape index (κ2) is 18.0. The standard InChI is InChI=1S/C41H42ClN13O6S/c1-23-6-3-9-27(42)36(23)49-38(59)30-21-44-41(62-30)47-31-20-32(46-24(2)45-31)52-16-18-53(19-17-52)34(57)11-4-7-25-22-54(51-50-25)15-14-43-28-10-5-8-26-35(28)40(61)55(39(26)60)29-12-13-33(56)48-37(29)58/h3,5-6,8-10,20-22,29,43H,4,7,11-19H2,1-2H3,(H,49,59)(H,48,56,58)(H,44,45,46,47). The summed E-state index contributed by atoms with van der Waals surface area (Å²) in [6, 6.07) is 11.1. The summed E-state index contributed by atoms with van der Waals surface area (Å²) >= 11 is 7.48. The molecule has 3 aliphatic heterocycles. The molecule has 2 fully saturated rings. The third-order valence-electron chi connectivity index (χ3n) is 10.7. The number of benzene rings is 2. The van der Waals surface area contributed by atoms with Gasteiger partial charge in [-0.05, 0) is 56.9 Å². The molecule has 5 aromatic rings. The number of para-hydroxylation sites is 1. The van der Waals surface area contributed by atoms with Crippen LogP contribution in [0.3, 0.4) is 0 Å². The Morgan fingerprint density at radius 2 is 1.81 bits per heavy atom. The van der Waals surface area contributed by atoms with Crippen molar-refractivity contribution in [3.05, 3.63) is 93.0 Å². The fourth-order valence-corrected chi connectivity index (χ4v) is 8.57. The first-order valence-electron chi connectivity index (χ1n) is 20.1. The number of thiazole rings is 1. The minimum atomic E-state index is -1.04. The lowest BCUT2D eigenvalue weighted by molar-refractivity contribution is -0.136. The molecule has 6 amide bonds. The maximum atomic E-state index is 13.4. The van der Waals surface area contributed by atoms with Crippen LogP contribution >= 0.6 is 22.9 Å². The van der Waals surface area contributed by atoms with Gasteiger partial charge in [0.2, 0.25) is 17.7 Å². The number of hydrogen-bond acceptors (Lipinski definition) is 15. The lowest BCUT2D eigenvalue weighted by Gasteiger charge is -2.35. The van der Waals surface area contributed by atoms with Gasteiger partial charge in [0.15, 0.2) is 5.13 Å². The average molecular weight is 880 g/mol. The summed E-state index contributed by atoms with van der Waals surface area (Å²) in [5, 5.41) is 20.9. The van der Waals surface area contributed by atoms with E-state index < -0.39 is 29.7 Å². The van der Waals surface area contributed by atoms with Crippen LogP contribution in [0, 0.1) is 13.8 Å². The van der Waals surface area contributed by atoms with Crippen LogP contribution in [0.5, 0.6) is 0 Å². The Balaban J connectivity index is 0.770. The van der Waals surface area contributed by atoms with Gasteiger partial charge in [-0.1, -0.05) is 46.4 Å². The smallest absolute Gasteiger partial charge is 0.267 e. The molecule has 0 aliphatic carbocycles. The van der Waals surface area contributed by atoms with Gasteiger partial charge in [-0.2, -0.15) is 0 Å². The highest BCUT2D eigenvalue weighted by molar-refractivity contribution is 7.17. The van der Waals surface area contributed by atoms with E-state index in [-0.39, 0.29) is 35.8 Å². The first-order valence-corrected chi connectivity index (χ1v) is 21.3. The van der Waals surface area contributed by atoms with E-state index in [1.807, 2.05) is 36.2 Å². The molecule has 0 saturated carbocycles. The SMILES string of the molecule is Cc1nc(Nc2ncc(C(=O)Nc3c(C)cccc3Cl)s2)cc(N2CCN(C(=O)CCCc3cn(CCNc4cccc5c4C(=O)N(C4CCC(=O)NC4=O)C5=O)nn3)CC2)n1. The molecule has 0 spiro atoms. The van der Waals surface area contributed by atoms with Crippen LogP contribution in [0.25, 0.3) is 0 Å². The number of hydrogen-bond donors (Lipinski definition) is 4. The number of piperidine rings is 1. The summed E-state index contributed by atoms with van der Waals surface area (Å²) < 4.78 is 1.67. The number of carbonyl (C=O) groups excluding carboxylic acids is 6. The predicted octanol–water partition coefficient (Wildman–Crippen LogP) is 3.98. The molecule has 2 saturated heterocycles. The van der Waals surface area contributed by atoms with E-state index in [0.717, 1.165) is 22.0 Å². The topological polar surface area (TPSA) is 230 Å². The van der Waals surface area contributed by atoms with E-state index in [0.29, 0.717) is 96.6 Å². The van der Waals surface area contributed by atoms with Crippen molar-refractivity contribution in [3.8, 4) is 0 Å². The Kier molecular flexibility index (Phi) is 12.2. The molecule has 0 bridgehead atoms. The molecule has 4 N–H and O–H groups in total. The normalized spacial score (nSPS) is 16.4. The Labute approximate surface area is 364 Å². The summed E-state index contributed by atoms with van der Waals surface area (Å²) in [6.45, 7) is 6.75. The fourth-order valence-electron chi connectivity index (χ4n) is 7.58. The number of anilines is 5. The number of carbonyl (C=O) groups is 6. The number of aryl methyl sites for hydroxylation is 3. The summed E-state index contributed by atoms with van der Waals surface area (Å²) in [5.74, 6) is -0.657. The van der Waals surface area contributed by atoms with E-state index in [9.17, 15) is 28.8 Å². The van der Waals surface area contributed by atoms with E-state index >= 15 is 0 Å². The molecule has 2 aromatic carbocycles. The predicted molar refractivity (Wildman–Crippen MR) is 230 cm³/mol. The van der Waals surface area contributed by atoms with Crippen LogP contribution in [0.15, 0.2) is 54.9 Å². The maximum Gasteiger partial charge on any atom is 0.267 e. The minimum absolute atomic E-state index is 0.0466. The van der Waals surface area contributed by atoms with Gasteiger partial charge >= 0.3 is 0 Å². The fraction of sp³-hybridized carbons (Fsp3) is 0.341. The number of nitrogens with zero attached hydrogens (tertiary/aromatic N) is 9. The first-order chi connectivity index (χ1) is 29.9. The molecule has 62 heavy (non-hydrogen) atoms. The Morgan fingerprint density at radius 1 is 1.00 bits per heavy atom. The summed E-state index contributed by atoms with van der Waals surface area (Å²) in [5.41, 5.74) is 3.01. The van der Waals surface area contributed by atoms with Crippen molar-refractivity contribution >= 4 is 86.5 Å². The van der Waals surface area contributed by atoms with Crippen molar-refractivity contribution in [2.75, 3.05) is 53.6 Å². The molecule has 21 heteroatoms. The van der Waals surface area contributed by atoms with Crippen LogP contribution in [0.4, 0.5) is 28.1 Å². The molecule has 0 radical (unpaired) electrons. The van der Waals surface area contributed by atoms with Crippen molar-refractivity contribution in [2.45, 2.75) is 58.5 Å². The molecular weight excluding hydrogens is 838 g/mol. The summed E-state index contributed by atoms with van der Waals surface area (Å²) in [7, 11) is 0. The van der Waals surface area contributed by atoms with Gasteiger partial charge in [-0.15, -0.1) is 5.10 Å². The lowest BCUT2D eigenvalue weighted by atomic mass is 10.0. The monoisotopic (exact) mass is 879 g/mol. The second-order valence-electron chi connectivity index (χ2n) is 15.0. The highest BCUT2D eigenvalue weighted by atomic mass is 35.5. The van der Waals surface area contributed by atoms with E-state index in [1.165, 1.54) is 17.5 Å². The highest BCUT2D eigenvalue weighted by Crippen LogP contribution is 2.33. The lowest BCUT2D eigenvalue weighted by Crippen LogP contribution is -2.54. The van der Waals surface area contributed by atoms with Crippen molar-refractivity contribution in [3.63, 3.8) is 0 Å². The number of imide groups is 2. The van der Waals surface area contributed by atoms with Crippen LogP contribution < -0.4 is 26.2 Å². The van der Waals surface area contributed by atoms with Gasteiger partial charge in [-0.25, -0.2) is 15.0 Å². The Bertz CT molecular complexity index is 2570. The summed E-state index contributed by atoms with van der Waals surface area (Å²) in [4.78, 5) is 95.5. The van der Waals surface area contributed by atoms with Crippen LogP contribution in [0.2, 0.25) is 5.02 Å². The average Bonchev–Trinajstić information content (AvgIpc) is 3.98. The third kappa shape index (κ3) is 9.10. The third-order valence-corrected chi connectivity index (χ3v) is 12.0. The molecule has 3 aliphatic rings. The number of rotatable bonds is 14. The van der Waals surface area contributed by atoms with Gasteiger partial charge in [-0.3, -0.25) is 43.7 Å². The quantitative estimate of drug-likeness (QED) is 0.116. The van der Waals surface area contributed by atoms with Crippen molar-refractivity contribution in [2.24, 2.45) is 0 Å². The first kappa shape index (κ1) is 41.9. The van der Waals surface area contributed by atoms with E-state index in [2.05, 4.69) is 51.4 Å². The molecule has 8 rings (SSSR count). The van der Waals surface area contributed by atoms with Crippen molar-refractivity contribution < 1.29 is 28.8 Å². The van der Waals surface area contributed by atoms with E-state index in [4.69, 9.17) is 11.6 Å². The number of halogens is 1. The Morgan fingerprint density at radius 3 is 2.60 bits per heavy atom. The number of fused-ring (bicyclic) bond motifs is 1. The van der Waals surface area contributed by atoms with Gasteiger partial charge in [0.05, 0.1) is 40.3 Å². The molecule has 320 valence electrons. The highest BCUT2D eigenvalue weighted by Gasteiger charge is 2.45. The van der Waals surface area contributed by atoms with Crippen molar-refractivity contribution in [1.29, 1.82) is 0 Å². The van der Waals surface area contributed by atoms with Gasteiger partial charge < -0.3 is 25.8 Å². The molecule has 19 nitrogen and oxygen atoms in total. The number of aromatic nitrogens is 6. The molecule has 6 heterocycles. The van der Waals surface area contributed by atoms with Crippen LogP contribution in [-0.4, -0.2) is 114 Å². The minimum Gasteiger partial charge on any atom is -0.383 e. The van der Waals surface area contributed by atoms with Crippen LogP contribution in [-0.2, 0) is 27.3 Å². The molecule has 1 unspecified atom stereocenters. The van der Waals surface area contributed by atoms with Gasteiger partial charge in [0.1, 0.15) is 28.4 Å². The van der Waals surface area contributed by atoms with Gasteiger partial charge in [0, 0.05) is 63.5 Å². The molecule has 3 aromatic heterocycles. The largest absolute Gasteiger partial charge is 0.383 e. The molecular formula is C41H42ClN13O6S. The van der Waals surface area contributed by atoms with Crippen molar-refractivity contribution in [1.82, 2.24) is 45.1 Å². The Hall–Kier alpha value is -6.80. The van der Waals surface area contributed by atoms with E-state index in [1.54, 1.807) is 35.9 Å². The second-order valence-corrected chi connectivity index (χ2v) is 16.4. The number of piperazine rings is 1. The zero-order valence-corrected chi connectivity index (χ0v) is 35.4. The summed E-state index contributed by atoms with van der Waals surface area (Å²) in [6.07, 6.45) is 4.99. The number of amides is 6. The van der Waals surface area contributed by atoms with Crippen LogP contribution in [0.1, 0.15) is 73.2 Å².